The van der Waals surface area contributed by atoms with Gasteiger partial charge in [-0.25, -0.2) is 9.97 Å². The number of benzene rings is 1. The Balaban J connectivity index is 1.49. The Morgan fingerprint density at radius 2 is 2.24 bits per heavy atom. The van der Waals surface area contributed by atoms with Gasteiger partial charge in [0.15, 0.2) is 0 Å². The predicted octanol–water partition coefficient (Wildman–Crippen LogP) is 1.03. The number of para-hydroxylation sites is 1. The summed E-state index contributed by atoms with van der Waals surface area (Å²) in [6, 6.07) is 5.55. The highest BCUT2D eigenvalue weighted by Gasteiger charge is 2.20. The third-order valence-electron chi connectivity index (χ3n) is 4.67. The highest BCUT2D eigenvalue weighted by molar-refractivity contribution is 5.81. The lowest BCUT2D eigenvalue weighted by Gasteiger charge is -2.24. The van der Waals surface area contributed by atoms with Crippen LogP contribution in [0.25, 0.3) is 10.9 Å². The topological polar surface area (TPSA) is 81.8 Å². The van der Waals surface area contributed by atoms with Crippen LogP contribution in [0.4, 0.5) is 0 Å². The summed E-state index contributed by atoms with van der Waals surface area (Å²) >= 11 is 0. The molecule has 0 radical (unpaired) electrons. The molecule has 4 rings (SSSR count). The molecule has 1 aromatic carbocycles. The maximum absolute atomic E-state index is 12.6. The van der Waals surface area contributed by atoms with Gasteiger partial charge in [0.25, 0.3) is 5.56 Å². The Kier molecular flexibility index (Phi) is 3.83. The van der Waals surface area contributed by atoms with E-state index in [1.165, 1.54) is 10.9 Å². The Labute approximate surface area is 144 Å². The number of aromatic nitrogens is 4. The molecule has 128 valence electrons. The van der Waals surface area contributed by atoms with Crippen molar-refractivity contribution in [3.05, 3.63) is 58.7 Å². The monoisotopic (exact) mass is 337 g/mol. The summed E-state index contributed by atoms with van der Waals surface area (Å²) in [6.45, 7) is 2.60. The smallest absolute Gasteiger partial charge is 0.261 e. The minimum atomic E-state index is -0.190. The number of rotatable bonds is 3. The van der Waals surface area contributed by atoms with Gasteiger partial charge in [-0.1, -0.05) is 12.1 Å². The quantitative estimate of drug-likeness (QED) is 0.774. The molecule has 1 unspecified atom stereocenters. The molecule has 1 N–H and O–H groups in total. The number of carbonyl (C=O) groups excluding carboxylic acids is 1. The van der Waals surface area contributed by atoms with E-state index in [0.717, 1.165) is 24.2 Å². The standard InChI is InChI=1S/C18H19N5O2/c1-12-3-2-4-14-17(12)20-11-23(18(14)25)10-16(24)21-13-5-6-15-19-7-8-22(15)9-13/h2-4,7-8,11,13H,5-6,9-10H2,1H3,(H,21,24). The fourth-order valence-electron chi connectivity index (χ4n) is 3.36. The summed E-state index contributed by atoms with van der Waals surface area (Å²) in [5.74, 6) is 0.875. The van der Waals surface area contributed by atoms with Gasteiger partial charge in [0.1, 0.15) is 12.4 Å². The molecule has 1 aliphatic rings. The molecule has 7 nitrogen and oxygen atoms in total. The fourth-order valence-corrected chi connectivity index (χ4v) is 3.36. The SMILES string of the molecule is Cc1cccc2c(=O)n(CC(=O)NC3CCc4nccn4C3)cnc12. The number of nitrogens with one attached hydrogen (secondary N) is 1. The Morgan fingerprint density at radius 1 is 1.36 bits per heavy atom. The van der Waals surface area contributed by atoms with Crippen LogP contribution in [0.2, 0.25) is 0 Å². The van der Waals surface area contributed by atoms with Gasteiger partial charge in [0.2, 0.25) is 5.91 Å². The second-order valence-electron chi connectivity index (χ2n) is 6.45. The zero-order chi connectivity index (χ0) is 17.4. The number of hydrogen-bond acceptors (Lipinski definition) is 4. The normalized spacial score (nSPS) is 16.6. The highest BCUT2D eigenvalue weighted by Crippen LogP contribution is 2.13. The molecule has 7 heteroatoms. The van der Waals surface area contributed by atoms with Gasteiger partial charge in [0, 0.05) is 31.4 Å². The highest BCUT2D eigenvalue weighted by atomic mass is 16.2. The molecule has 1 amide bonds. The van der Waals surface area contributed by atoms with Crippen molar-refractivity contribution >= 4 is 16.8 Å². The molecule has 1 atom stereocenters. The number of aryl methyl sites for hydroxylation is 2. The molecule has 0 aliphatic carbocycles. The van der Waals surface area contributed by atoms with E-state index < -0.39 is 0 Å². The molecule has 0 spiro atoms. The summed E-state index contributed by atoms with van der Waals surface area (Å²) in [6.07, 6.45) is 6.85. The molecule has 2 aromatic heterocycles. The molecule has 3 heterocycles. The van der Waals surface area contributed by atoms with Crippen LogP contribution in [0.3, 0.4) is 0 Å². The summed E-state index contributed by atoms with van der Waals surface area (Å²) in [7, 11) is 0. The fraction of sp³-hybridized carbons (Fsp3) is 0.333. The maximum Gasteiger partial charge on any atom is 0.261 e. The van der Waals surface area contributed by atoms with E-state index in [2.05, 4.69) is 19.9 Å². The largest absolute Gasteiger partial charge is 0.350 e. The minimum Gasteiger partial charge on any atom is -0.350 e. The summed E-state index contributed by atoms with van der Waals surface area (Å²) < 4.78 is 3.42. The van der Waals surface area contributed by atoms with Crippen LogP contribution >= 0.6 is 0 Å². The van der Waals surface area contributed by atoms with Crippen molar-refractivity contribution in [3.63, 3.8) is 0 Å². The van der Waals surface area contributed by atoms with Crippen LogP contribution in [-0.4, -0.2) is 31.1 Å². The predicted molar refractivity (Wildman–Crippen MR) is 93.2 cm³/mol. The lowest BCUT2D eigenvalue weighted by atomic mass is 10.1. The third kappa shape index (κ3) is 2.93. The lowest BCUT2D eigenvalue weighted by molar-refractivity contribution is -0.122. The van der Waals surface area contributed by atoms with Gasteiger partial charge < -0.3 is 9.88 Å². The molecule has 25 heavy (non-hydrogen) atoms. The first kappa shape index (κ1) is 15.6. The average Bonchev–Trinajstić information content (AvgIpc) is 3.06. The maximum atomic E-state index is 12.6. The van der Waals surface area contributed by atoms with Crippen molar-refractivity contribution in [3.8, 4) is 0 Å². The van der Waals surface area contributed by atoms with Crippen molar-refractivity contribution < 1.29 is 4.79 Å². The van der Waals surface area contributed by atoms with Gasteiger partial charge in [-0.3, -0.25) is 14.2 Å². The molecular weight excluding hydrogens is 318 g/mol. The van der Waals surface area contributed by atoms with E-state index >= 15 is 0 Å². The van der Waals surface area contributed by atoms with Crippen LogP contribution < -0.4 is 10.9 Å². The number of hydrogen-bond donors (Lipinski definition) is 1. The number of fused-ring (bicyclic) bond motifs is 2. The third-order valence-corrected chi connectivity index (χ3v) is 4.67. The molecule has 0 bridgehead atoms. The van der Waals surface area contributed by atoms with Crippen molar-refractivity contribution in [1.82, 2.24) is 24.4 Å². The molecule has 0 saturated carbocycles. The van der Waals surface area contributed by atoms with E-state index in [-0.39, 0.29) is 24.1 Å². The Hall–Kier alpha value is -2.96. The number of imidazole rings is 1. The van der Waals surface area contributed by atoms with Gasteiger partial charge in [-0.15, -0.1) is 0 Å². The number of amides is 1. The van der Waals surface area contributed by atoms with Gasteiger partial charge in [0.05, 0.1) is 17.2 Å². The van der Waals surface area contributed by atoms with Crippen LogP contribution in [0.1, 0.15) is 17.8 Å². The van der Waals surface area contributed by atoms with Crippen molar-refractivity contribution in [1.29, 1.82) is 0 Å². The number of carbonyl (C=O) groups is 1. The molecule has 1 aliphatic heterocycles. The van der Waals surface area contributed by atoms with E-state index in [1.807, 2.05) is 25.3 Å². The summed E-state index contributed by atoms with van der Waals surface area (Å²) in [4.78, 5) is 33.5. The van der Waals surface area contributed by atoms with E-state index in [0.29, 0.717) is 17.4 Å². The van der Waals surface area contributed by atoms with Gasteiger partial charge in [-0.2, -0.15) is 0 Å². The Bertz CT molecular complexity index is 1000. The van der Waals surface area contributed by atoms with Crippen LogP contribution in [-0.2, 0) is 24.3 Å². The first-order valence-electron chi connectivity index (χ1n) is 8.36. The second-order valence-corrected chi connectivity index (χ2v) is 6.45. The van der Waals surface area contributed by atoms with Crippen LogP contribution in [0.15, 0.2) is 41.7 Å². The second kappa shape index (κ2) is 6.16. The minimum absolute atomic E-state index is 0.0248. The van der Waals surface area contributed by atoms with E-state index in [9.17, 15) is 9.59 Å². The zero-order valence-corrected chi connectivity index (χ0v) is 14.0. The van der Waals surface area contributed by atoms with Crippen LogP contribution in [0.5, 0.6) is 0 Å². The van der Waals surface area contributed by atoms with Gasteiger partial charge >= 0.3 is 0 Å². The van der Waals surface area contributed by atoms with Gasteiger partial charge in [-0.05, 0) is 25.0 Å². The van der Waals surface area contributed by atoms with Crippen molar-refractivity contribution in [2.24, 2.45) is 0 Å². The summed E-state index contributed by atoms with van der Waals surface area (Å²) in [5, 5.41) is 3.55. The van der Waals surface area contributed by atoms with E-state index in [1.54, 1.807) is 12.3 Å². The molecule has 3 aromatic rings. The number of nitrogens with zero attached hydrogens (tertiary/aromatic N) is 4. The first-order chi connectivity index (χ1) is 12.1. The van der Waals surface area contributed by atoms with Crippen LogP contribution in [0, 0.1) is 6.92 Å². The molecular formula is C18H19N5O2. The lowest BCUT2D eigenvalue weighted by Crippen LogP contribution is -2.43. The first-order valence-corrected chi connectivity index (χ1v) is 8.36. The van der Waals surface area contributed by atoms with Crippen molar-refractivity contribution in [2.75, 3.05) is 0 Å². The molecule has 0 fully saturated rings. The van der Waals surface area contributed by atoms with Crippen molar-refractivity contribution in [2.45, 2.75) is 38.9 Å². The summed E-state index contributed by atoms with van der Waals surface area (Å²) in [5.41, 5.74) is 1.44. The van der Waals surface area contributed by atoms with E-state index in [4.69, 9.17) is 0 Å². The average molecular weight is 337 g/mol. The zero-order valence-electron chi connectivity index (χ0n) is 14.0. The molecule has 0 saturated heterocycles. The Morgan fingerprint density at radius 3 is 3.12 bits per heavy atom.